The van der Waals surface area contributed by atoms with E-state index < -0.39 is 17.1 Å². The first-order valence-corrected chi connectivity index (χ1v) is 9.53. The van der Waals surface area contributed by atoms with Crippen LogP contribution in [-0.4, -0.2) is 60.7 Å². The summed E-state index contributed by atoms with van der Waals surface area (Å²) in [5, 5.41) is 10.5. The maximum absolute atomic E-state index is 14.3. The lowest BCUT2D eigenvalue weighted by atomic mass is 9.82. The van der Waals surface area contributed by atoms with E-state index in [0.29, 0.717) is 31.4 Å². The number of rotatable bonds is 5. The third-order valence-corrected chi connectivity index (χ3v) is 6.05. The Morgan fingerprint density at radius 1 is 1.36 bits per heavy atom. The molecule has 0 unspecified atom stereocenters. The summed E-state index contributed by atoms with van der Waals surface area (Å²) in [7, 11) is 1.41. The summed E-state index contributed by atoms with van der Waals surface area (Å²) in [6.45, 7) is 2.75. The molecule has 1 aromatic carbocycles. The zero-order valence-electron chi connectivity index (χ0n) is 15.5. The molecule has 8 heteroatoms. The van der Waals surface area contributed by atoms with Crippen molar-refractivity contribution in [3.8, 4) is 5.75 Å². The normalized spacial score (nSPS) is 24.6. The third kappa shape index (κ3) is 3.27. The lowest BCUT2D eigenvalue weighted by Crippen LogP contribution is -2.39. The molecule has 4 rings (SSSR count). The van der Waals surface area contributed by atoms with Gasteiger partial charge in [-0.05, 0) is 41.8 Å². The summed E-state index contributed by atoms with van der Waals surface area (Å²) in [5.74, 6) is 0.0838. The lowest BCUT2D eigenvalue weighted by molar-refractivity contribution is 0.0709. The predicted molar refractivity (Wildman–Crippen MR) is 101 cm³/mol. The fourth-order valence-electron chi connectivity index (χ4n) is 4.49. The Morgan fingerprint density at radius 2 is 2.18 bits per heavy atom. The molecule has 2 aromatic rings. The molecule has 0 bridgehead atoms. The Bertz CT molecular complexity index is 889. The molecular formula is C20H22ClFN2O4. The summed E-state index contributed by atoms with van der Waals surface area (Å²) >= 11 is 5.84. The van der Waals surface area contributed by atoms with Crippen LogP contribution in [0.1, 0.15) is 16.1 Å². The van der Waals surface area contributed by atoms with Crippen molar-refractivity contribution in [3.05, 3.63) is 52.7 Å². The summed E-state index contributed by atoms with van der Waals surface area (Å²) in [4.78, 5) is 16.8. The molecule has 1 amide bonds. The Morgan fingerprint density at radius 3 is 2.82 bits per heavy atom. The molecule has 2 aliphatic heterocycles. The highest BCUT2D eigenvalue weighted by Gasteiger charge is 2.53. The van der Waals surface area contributed by atoms with E-state index in [9.17, 15) is 14.3 Å². The Labute approximate surface area is 167 Å². The van der Waals surface area contributed by atoms with Crippen LogP contribution in [0.3, 0.4) is 0 Å². The highest BCUT2D eigenvalue weighted by molar-refractivity contribution is 6.28. The Kier molecular flexibility index (Phi) is 5.07. The number of fused-ring (bicyclic) bond motifs is 1. The Balaban J connectivity index is 1.50. The molecule has 0 saturated carbocycles. The van der Waals surface area contributed by atoms with E-state index in [-0.39, 0.29) is 23.8 Å². The van der Waals surface area contributed by atoms with Crippen LogP contribution in [0.4, 0.5) is 4.39 Å². The van der Waals surface area contributed by atoms with Crippen molar-refractivity contribution in [2.75, 3.05) is 39.9 Å². The number of hydrogen-bond acceptors (Lipinski definition) is 5. The van der Waals surface area contributed by atoms with Gasteiger partial charge in [-0.3, -0.25) is 9.69 Å². The zero-order valence-corrected chi connectivity index (χ0v) is 16.3. The van der Waals surface area contributed by atoms with Gasteiger partial charge < -0.3 is 19.2 Å². The van der Waals surface area contributed by atoms with Gasteiger partial charge in [-0.2, -0.15) is 0 Å². The number of carbonyl (C=O) groups excluding carboxylic acids is 1. The number of hydrogen-bond donors (Lipinski definition) is 1. The molecule has 1 N–H and O–H groups in total. The number of carbonyl (C=O) groups is 1. The molecule has 2 aliphatic rings. The van der Waals surface area contributed by atoms with E-state index in [4.69, 9.17) is 20.8 Å². The van der Waals surface area contributed by atoms with Crippen LogP contribution in [0.15, 0.2) is 34.7 Å². The minimum atomic E-state index is -0.601. The van der Waals surface area contributed by atoms with Crippen molar-refractivity contribution in [3.63, 3.8) is 0 Å². The van der Waals surface area contributed by atoms with Gasteiger partial charge in [0.2, 0.25) is 0 Å². The molecule has 150 valence electrons. The lowest BCUT2D eigenvalue weighted by Gasteiger charge is -2.27. The van der Waals surface area contributed by atoms with Gasteiger partial charge in [-0.25, -0.2) is 4.39 Å². The fraction of sp³-hybridized carbons (Fsp3) is 0.450. The number of aliphatic hydroxyl groups is 1. The highest BCUT2D eigenvalue weighted by atomic mass is 35.5. The average Bonchev–Trinajstić information content (AvgIpc) is 3.33. The van der Waals surface area contributed by atoms with Crippen LogP contribution < -0.4 is 4.74 Å². The minimum absolute atomic E-state index is 0.0364. The van der Waals surface area contributed by atoms with Crippen molar-refractivity contribution in [1.29, 1.82) is 0 Å². The quantitative estimate of drug-likeness (QED) is 0.823. The summed E-state index contributed by atoms with van der Waals surface area (Å²) in [6.07, 6.45) is 0. The van der Waals surface area contributed by atoms with Crippen LogP contribution in [0.25, 0.3) is 0 Å². The molecule has 3 heterocycles. The Hall–Kier alpha value is -2.09. The smallest absolute Gasteiger partial charge is 0.260 e. The standard InChI is InChI=1S/C20H22ClFN2O4/c1-27-16-4-2-3-15(22)18(16)19(26)24-8-13-7-23(10-20(13,11-24)12-25)9-14-5-6-17(21)28-14/h2-6,13,25H,7-12H2,1H3/t13-,20+/m0/s1. The molecule has 6 nitrogen and oxygen atoms in total. The van der Waals surface area contributed by atoms with E-state index in [2.05, 4.69) is 4.90 Å². The van der Waals surface area contributed by atoms with Crippen LogP contribution in [-0.2, 0) is 6.54 Å². The molecule has 0 radical (unpaired) electrons. The van der Waals surface area contributed by atoms with Gasteiger partial charge in [-0.1, -0.05) is 6.07 Å². The number of methoxy groups -OCH3 is 1. The zero-order chi connectivity index (χ0) is 19.9. The number of furan rings is 1. The van der Waals surface area contributed by atoms with Gasteiger partial charge in [0.15, 0.2) is 5.22 Å². The summed E-state index contributed by atoms with van der Waals surface area (Å²) < 4.78 is 24.9. The predicted octanol–water partition coefficient (Wildman–Crippen LogP) is 2.65. The molecular weight excluding hydrogens is 387 g/mol. The highest BCUT2D eigenvalue weighted by Crippen LogP contribution is 2.43. The molecule has 2 atom stereocenters. The fourth-order valence-corrected chi connectivity index (χ4v) is 4.65. The van der Waals surface area contributed by atoms with Gasteiger partial charge in [0.05, 0.1) is 20.3 Å². The van der Waals surface area contributed by atoms with E-state index in [1.54, 1.807) is 17.0 Å². The van der Waals surface area contributed by atoms with Crippen LogP contribution >= 0.6 is 11.6 Å². The van der Waals surface area contributed by atoms with Gasteiger partial charge in [0.1, 0.15) is 22.9 Å². The number of benzene rings is 1. The molecule has 2 fully saturated rings. The number of amides is 1. The van der Waals surface area contributed by atoms with E-state index >= 15 is 0 Å². The second-order valence-corrected chi connectivity index (χ2v) is 7.97. The minimum Gasteiger partial charge on any atom is -0.496 e. The molecule has 0 aliphatic carbocycles. The van der Waals surface area contributed by atoms with E-state index in [1.165, 1.54) is 19.2 Å². The number of likely N-dealkylation sites (tertiary alicyclic amines) is 2. The SMILES string of the molecule is COc1cccc(F)c1C(=O)N1C[C@@H]2CN(Cc3ccc(Cl)o3)C[C@]2(CO)C1. The van der Waals surface area contributed by atoms with E-state index in [1.807, 2.05) is 6.07 Å². The van der Waals surface area contributed by atoms with Crippen molar-refractivity contribution < 1.29 is 23.4 Å². The number of ether oxygens (including phenoxy) is 1. The molecule has 28 heavy (non-hydrogen) atoms. The first-order chi connectivity index (χ1) is 13.5. The molecule has 0 spiro atoms. The monoisotopic (exact) mass is 408 g/mol. The summed E-state index contributed by atoms with van der Waals surface area (Å²) in [6, 6.07) is 7.88. The van der Waals surface area contributed by atoms with Crippen LogP contribution in [0, 0.1) is 17.2 Å². The third-order valence-electron chi connectivity index (χ3n) is 5.85. The second kappa shape index (κ2) is 7.39. The van der Waals surface area contributed by atoms with Crippen molar-refractivity contribution in [2.24, 2.45) is 11.3 Å². The van der Waals surface area contributed by atoms with E-state index in [0.717, 1.165) is 12.3 Å². The topological polar surface area (TPSA) is 66.2 Å². The van der Waals surface area contributed by atoms with Gasteiger partial charge in [0, 0.05) is 31.6 Å². The number of halogens is 2. The first kappa shape index (κ1) is 19.2. The van der Waals surface area contributed by atoms with Gasteiger partial charge >= 0.3 is 0 Å². The average molecular weight is 409 g/mol. The maximum Gasteiger partial charge on any atom is 0.260 e. The summed E-state index contributed by atoms with van der Waals surface area (Å²) in [5.41, 5.74) is -0.481. The van der Waals surface area contributed by atoms with Crippen LogP contribution in [0.2, 0.25) is 5.22 Å². The number of aliphatic hydroxyl groups excluding tert-OH is 1. The largest absolute Gasteiger partial charge is 0.496 e. The second-order valence-electron chi connectivity index (χ2n) is 7.60. The molecule has 2 saturated heterocycles. The first-order valence-electron chi connectivity index (χ1n) is 9.15. The van der Waals surface area contributed by atoms with Crippen molar-refractivity contribution in [1.82, 2.24) is 9.80 Å². The van der Waals surface area contributed by atoms with Gasteiger partial charge in [0.25, 0.3) is 5.91 Å². The van der Waals surface area contributed by atoms with Gasteiger partial charge in [-0.15, -0.1) is 0 Å². The maximum atomic E-state index is 14.3. The number of nitrogens with zero attached hydrogens (tertiary/aromatic N) is 2. The van der Waals surface area contributed by atoms with Crippen molar-refractivity contribution >= 4 is 17.5 Å². The van der Waals surface area contributed by atoms with Crippen LogP contribution in [0.5, 0.6) is 5.75 Å². The molecule has 1 aromatic heterocycles. The van der Waals surface area contributed by atoms with Crippen molar-refractivity contribution in [2.45, 2.75) is 6.54 Å².